The molecule has 0 atom stereocenters. The van der Waals surface area contributed by atoms with Crippen molar-refractivity contribution < 1.29 is 14.6 Å². The van der Waals surface area contributed by atoms with E-state index in [4.69, 9.17) is 4.74 Å². The molecule has 0 bridgehead atoms. The Morgan fingerprint density at radius 2 is 2.06 bits per heavy atom. The van der Waals surface area contributed by atoms with Crippen molar-refractivity contribution in [2.24, 2.45) is 5.10 Å². The van der Waals surface area contributed by atoms with Gasteiger partial charge < -0.3 is 9.84 Å². The molecule has 33 heavy (non-hydrogen) atoms. The van der Waals surface area contributed by atoms with Gasteiger partial charge in [-0.15, -0.1) is 10.2 Å². The van der Waals surface area contributed by atoms with Gasteiger partial charge in [-0.3, -0.25) is 9.36 Å². The van der Waals surface area contributed by atoms with Crippen LogP contribution in [-0.2, 0) is 11.3 Å². The van der Waals surface area contributed by atoms with Crippen LogP contribution < -0.4 is 10.2 Å². The number of benzene rings is 2. The molecule has 1 heterocycles. The second kappa shape index (κ2) is 11.7. The molecule has 10 heteroatoms. The van der Waals surface area contributed by atoms with Gasteiger partial charge in [0.05, 0.1) is 18.6 Å². The number of nitrogens with zero attached hydrogens (tertiary/aromatic N) is 4. The van der Waals surface area contributed by atoms with Crippen LogP contribution in [0.1, 0.15) is 19.4 Å². The Morgan fingerprint density at radius 1 is 1.30 bits per heavy atom. The van der Waals surface area contributed by atoms with Gasteiger partial charge in [-0.2, -0.15) is 5.10 Å². The largest absolute Gasteiger partial charge is 0.504 e. The van der Waals surface area contributed by atoms with Crippen molar-refractivity contribution in [3.05, 3.63) is 64.7 Å². The number of aromatic nitrogens is 3. The first-order valence-electron chi connectivity index (χ1n) is 10.1. The van der Waals surface area contributed by atoms with Crippen LogP contribution in [0.3, 0.4) is 0 Å². The van der Waals surface area contributed by atoms with E-state index in [0.29, 0.717) is 35.4 Å². The standard InChI is InChI=1S/C23H24BrN5O3S/c1-4-32-19-7-5-6-17(21(19)31)12-25-26-20(30)14-33-23-28-27-22(29(23)13-15(2)3)16-8-10-18(24)11-9-16/h5-12,31H,2,4,13-14H2,1,3H3,(H,26,30)/b25-12+. The maximum absolute atomic E-state index is 12.3. The number of aromatic hydroxyl groups is 1. The number of amides is 1. The number of halogens is 1. The van der Waals surface area contributed by atoms with Gasteiger partial charge in [0.25, 0.3) is 5.91 Å². The van der Waals surface area contributed by atoms with E-state index >= 15 is 0 Å². The molecule has 2 N–H and O–H groups in total. The molecule has 0 aliphatic rings. The fourth-order valence-electron chi connectivity index (χ4n) is 2.87. The lowest BCUT2D eigenvalue weighted by Crippen LogP contribution is -2.20. The number of phenols is 1. The summed E-state index contributed by atoms with van der Waals surface area (Å²) in [6.45, 7) is 8.72. The minimum Gasteiger partial charge on any atom is -0.504 e. The second-order valence-corrected chi connectivity index (χ2v) is 8.92. The number of hydrogen-bond acceptors (Lipinski definition) is 7. The highest BCUT2D eigenvalue weighted by molar-refractivity contribution is 9.10. The minimum absolute atomic E-state index is 0.0277. The van der Waals surface area contributed by atoms with Crippen LogP contribution in [0.5, 0.6) is 11.5 Å². The van der Waals surface area contributed by atoms with Crippen molar-refractivity contribution in [2.75, 3.05) is 12.4 Å². The maximum Gasteiger partial charge on any atom is 0.250 e. The van der Waals surface area contributed by atoms with E-state index in [-0.39, 0.29) is 17.4 Å². The van der Waals surface area contributed by atoms with Crippen LogP contribution in [0.15, 0.2) is 69.3 Å². The number of thioether (sulfide) groups is 1. The van der Waals surface area contributed by atoms with E-state index in [2.05, 4.69) is 43.2 Å². The maximum atomic E-state index is 12.3. The molecule has 2 aromatic carbocycles. The van der Waals surface area contributed by atoms with E-state index in [1.165, 1.54) is 18.0 Å². The van der Waals surface area contributed by atoms with Gasteiger partial charge in [0.2, 0.25) is 0 Å². The number of rotatable bonds is 10. The van der Waals surface area contributed by atoms with Crippen molar-refractivity contribution >= 4 is 39.8 Å². The fraction of sp³-hybridized carbons (Fsp3) is 0.217. The summed E-state index contributed by atoms with van der Waals surface area (Å²) in [7, 11) is 0. The zero-order valence-corrected chi connectivity index (χ0v) is 20.7. The number of para-hydroxylation sites is 1. The van der Waals surface area contributed by atoms with Crippen molar-refractivity contribution in [3.63, 3.8) is 0 Å². The van der Waals surface area contributed by atoms with Gasteiger partial charge in [-0.1, -0.05) is 58.0 Å². The Labute approximate surface area is 204 Å². The summed E-state index contributed by atoms with van der Waals surface area (Å²) in [6, 6.07) is 12.9. The lowest BCUT2D eigenvalue weighted by atomic mass is 10.2. The predicted molar refractivity (Wildman–Crippen MR) is 134 cm³/mol. The van der Waals surface area contributed by atoms with Crippen LogP contribution in [0.4, 0.5) is 0 Å². The van der Waals surface area contributed by atoms with Gasteiger partial charge >= 0.3 is 0 Å². The van der Waals surface area contributed by atoms with Crippen molar-refractivity contribution in [1.82, 2.24) is 20.2 Å². The van der Waals surface area contributed by atoms with Crippen LogP contribution in [-0.4, -0.2) is 44.4 Å². The summed E-state index contributed by atoms with van der Waals surface area (Å²) in [5.41, 5.74) is 4.76. The average molecular weight is 530 g/mol. The summed E-state index contributed by atoms with van der Waals surface area (Å²) in [6.07, 6.45) is 1.37. The molecule has 8 nitrogen and oxygen atoms in total. The molecular formula is C23H24BrN5O3S. The van der Waals surface area contributed by atoms with Crippen molar-refractivity contribution in [3.8, 4) is 22.9 Å². The van der Waals surface area contributed by atoms with E-state index < -0.39 is 0 Å². The third kappa shape index (κ3) is 6.69. The third-order valence-electron chi connectivity index (χ3n) is 4.30. The van der Waals surface area contributed by atoms with E-state index in [1.807, 2.05) is 42.7 Å². The Balaban J connectivity index is 1.65. The van der Waals surface area contributed by atoms with Gasteiger partial charge in [-0.05, 0) is 38.1 Å². The molecule has 0 unspecified atom stereocenters. The number of hydrogen-bond donors (Lipinski definition) is 2. The first kappa shape index (κ1) is 24.5. The normalized spacial score (nSPS) is 11.0. The van der Waals surface area contributed by atoms with Crippen molar-refractivity contribution in [2.45, 2.75) is 25.5 Å². The number of carbonyl (C=O) groups excluding carboxylic acids is 1. The summed E-state index contributed by atoms with van der Waals surface area (Å²) in [5, 5.41) is 23.3. The van der Waals surface area contributed by atoms with Gasteiger partial charge in [0, 0.05) is 22.1 Å². The quantitative estimate of drug-likeness (QED) is 0.172. The number of carbonyl (C=O) groups is 1. The molecule has 0 radical (unpaired) electrons. The summed E-state index contributed by atoms with van der Waals surface area (Å²) >= 11 is 4.69. The molecule has 0 aliphatic heterocycles. The number of nitrogens with one attached hydrogen (secondary N) is 1. The Hall–Kier alpha value is -3.11. The van der Waals surface area contributed by atoms with E-state index in [1.54, 1.807) is 18.2 Å². The number of phenolic OH excluding ortho intramolecular Hbond substituents is 1. The summed E-state index contributed by atoms with van der Waals surface area (Å²) in [4.78, 5) is 12.3. The molecule has 0 saturated heterocycles. The highest BCUT2D eigenvalue weighted by Crippen LogP contribution is 2.29. The first-order chi connectivity index (χ1) is 15.9. The lowest BCUT2D eigenvalue weighted by molar-refractivity contribution is -0.118. The topological polar surface area (TPSA) is 102 Å². The van der Waals surface area contributed by atoms with Gasteiger partial charge in [-0.25, -0.2) is 5.43 Å². The highest BCUT2D eigenvalue weighted by Gasteiger charge is 2.16. The number of ether oxygens (including phenoxy) is 1. The number of allylic oxidation sites excluding steroid dienone is 1. The minimum atomic E-state index is -0.313. The van der Waals surface area contributed by atoms with Crippen molar-refractivity contribution in [1.29, 1.82) is 0 Å². The van der Waals surface area contributed by atoms with E-state index in [9.17, 15) is 9.90 Å². The molecule has 0 aliphatic carbocycles. The molecule has 0 fully saturated rings. The first-order valence-corrected chi connectivity index (χ1v) is 11.9. The predicted octanol–water partition coefficient (Wildman–Crippen LogP) is 4.63. The average Bonchev–Trinajstić information content (AvgIpc) is 3.17. The van der Waals surface area contributed by atoms with Crippen LogP contribution in [0, 0.1) is 0 Å². The zero-order chi connectivity index (χ0) is 23.8. The third-order valence-corrected chi connectivity index (χ3v) is 5.80. The molecule has 0 spiro atoms. The number of hydrazone groups is 1. The molecule has 1 aromatic heterocycles. The second-order valence-electron chi connectivity index (χ2n) is 7.07. The van der Waals surface area contributed by atoms with Crippen LogP contribution in [0.25, 0.3) is 11.4 Å². The SMILES string of the molecule is C=C(C)Cn1c(SCC(=O)N/N=C/c2cccc(OCC)c2O)nnc1-c1ccc(Br)cc1. The molecular weight excluding hydrogens is 506 g/mol. The van der Waals surface area contributed by atoms with E-state index in [0.717, 1.165) is 15.6 Å². The van der Waals surface area contributed by atoms with Gasteiger partial charge in [0.15, 0.2) is 22.5 Å². The van der Waals surface area contributed by atoms with Gasteiger partial charge in [0.1, 0.15) is 0 Å². The Bertz CT molecular complexity index is 1160. The Kier molecular flexibility index (Phi) is 8.67. The summed E-state index contributed by atoms with van der Waals surface area (Å²) in [5.74, 6) is 0.821. The molecule has 172 valence electrons. The Morgan fingerprint density at radius 3 is 2.76 bits per heavy atom. The molecule has 0 saturated carbocycles. The molecule has 3 aromatic rings. The fourth-order valence-corrected chi connectivity index (χ4v) is 3.87. The molecule has 3 rings (SSSR count). The van der Waals surface area contributed by atoms with Crippen LogP contribution in [0.2, 0.25) is 0 Å². The lowest BCUT2D eigenvalue weighted by Gasteiger charge is -2.10. The summed E-state index contributed by atoms with van der Waals surface area (Å²) < 4.78 is 8.25. The smallest absolute Gasteiger partial charge is 0.250 e. The van der Waals surface area contributed by atoms with Crippen LogP contribution >= 0.6 is 27.7 Å². The molecule has 1 amide bonds. The highest BCUT2D eigenvalue weighted by atomic mass is 79.9. The monoisotopic (exact) mass is 529 g/mol. The zero-order valence-electron chi connectivity index (χ0n) is 18.3.